The first-order valence-electron chi connectivity index (χ1n) is 5.45. The number of hydrogen-bond acceptors (Lipinski definition) is 2. The van der Waals surface area contributed by atoms with Crippen LogP contribution in [0, 0.1) is 5.82 Å². The van der Waals surface area contributed by atoms with Crippen molar-refractivity contribution in [3.63, 3.8) is 0 Å². The smallest absolute Gasteiger partial charge is 0.254 e. The van der Waals surface area contributed by atoms with Crippen LogP contribution in [-0.2, 0) is 0 Å². The highest BCUT2D eigenvalue weighted by atomic mass is 79.9. The number of carbonyl (C=O) groups is 1. The van der Waals surface area contributed by atoms with Gasteiger partial charge in [0.1, 0.15) is 11.6 Å². The van der Waals surface area contributed by atoms with E-state index in [1.165, 1.54) is 19.2 Å². The van der Waals surface area contributed by atoms with Gasteiger partial charge in [0, 0.05) is 6.04 Å². The van der Waals surface area contributed by atoms with Crippen molar-refractivity contribution in [2.75, 3.05) is 7.11 Å². The van der Waals surface area contributed by atoms with Gasteiger partial charge in [0.2, 0.25) is 0 Å². The highest BCUT2D eigenvalue weighted by molar-refractivity contribution is 9.10. The summed E-state index contributed by atoms with van der Waals surface area (Å²) in [5.74, 6) is -0.474. The molecular formula is C12H13BrFNO2. The number of nitrogens with one attached hydrogen (secondary N) is 1. The van der Waals surface area contributed by atoms with Crippen LogP contribution in [0.25, 0.3) is 0 Å². The van der Waals surface area contributed by atoms with Crippen molar-refractivity contribution in [1.29, 1.82) is 0 Å². The number of ether oxygens (including phenoxy) is 1. The van der Waals surface area contributed by atoms with Gasteiger partial charge in [0.05, 0.1) is 17.1 Å². The topological polar surface area (TPSA) is 38.3 Å². The minimum absolute atomic E-state index is 0.0250. The number of methoxy groups -OCH3 is 1. The molecule has 0 saturated heterocycles. The monoisotopic (exact) mass is 301 g/mol. The van der Waals surface area contributed by atoms with Crippen LogP contribution in [0.3, 0.4) is 0 Å². The Morgan fingerprint density at radius 3 is 2.76 bits per heavy atom. The fraction of sp³-hybridized carbons (Fsp3) is 0.417. The van der Waals surface area contributed by atoms with Crippen molar-refractivity contribution in [2.24, 2.45) is 0 Å². The largest absolute Gasteiger partial charge is 0.496 e. The van der Waals surface area contributed by atoms with Crippen LogP contribution in [0.4, 0.5) is 4.39 Å². The van der Waals surface area contributed by atoms with Gasteiger partial charge in [-0.1, -0.05) is 0 Å². The van der Waals surface area contributed by atoms with E-state index in [1.807, 2.05) is 0 Å². The maximum Gasteiger partial charge on any atom is 0.254 e. The highest BCUT2D eigenvalue weighted by Gasteiger charge is 2.22. The molecule has 92 valence electrons. The molecule has 1 aromatic carbocycles. The van der Waals surface area contributed by atoms with Gasteiger partial charge >= 0.3 is 0 Å². The quantitative estimate of drug-likeness (QED) is 0.932. The van der Waals surface area contributed by atoms with Crippen molar-refractivity contribution >= 4 is 21.8 Å². The number of halogens is 2. The lowest BCUT2D eigenvalue weighted by atomic mass is 9.93. The number of benzene rings is 1. The second kappa shape index (κ2) is 5.04. The third-order valence-electron chi connectivity index (χ3n) is 2.93. The fourth-order valence-electron chi connectivity index (χ4n) is 1.68. The van der Waals surface area contributed by atoms with Crippen LogP contribution < -0.4 is 10.1 Å². The summed E-state index contributed by atoms with van der Waals surface area (Å²) in [7, 11) is 1.48. The van der Waals surface area contributed by atoms with Crippen LogP contribution in [-0.4, -0.2) is 19.1 Å². The summed E-state index contributed by atoms with van der Waals surface area (Å²) in [5.41, 5.74) is 0.0250. The molecule has 1 aliphatic carbocycles. The van der Waals surface area contributed by atoms with Gasteiger partial charge in [-0.3, -0.25) is 4.79 Å². The van der Waals surface area contributed by atoms with Crippen LogP contribution in [0.5, 0.6) is 5.75 Å². The minimum atomic E-state index is -0.547. The molecule has 1 fully saturated rings. The van der Waals surface area contributed by atoms with E-state index in [9.17, 15) is 9.18 Å². The second-order valence-electron chi connectivity index (χ2n) is 4.07. The summed E-state index contributed by atoms with van der Waals surface area (Å²) in [5, 5.41) is 2.79. The van der Waals surface area contributed by atoms with Gasteiger partial charge in [-0.05, 0) is 47.3 Å². The van der Waals surface area contributed by atoms with E-state index in [1.54, 1.807) is 0 Å². The third kappa shape index (κ3) is 2.60. The number of carbonyl (C=O) groups excluding carboxylic acids is 1. The summed E-state index contributed by atoms with van der Waals surface area (Å²) in [6.45, 7) is 0. The lowest BCUT2D eigenvalue weighted by Gasteiger charge is -2.26. The zero-order valence-electron chi connectivity index (χ0n) is 9.43. The average molecular weight is 302 g/mol. The Morgan fingerprint density at radius 1 is 1.53 bits per heavy atom. The maximum absolute atomic E-state index is 13.6. The van der Waals surface area contributed by atoms with Crippen molar-refractivity contribution < 1.29 is 13.9 Å². The first-order chi connectivity index (χ1) is 8.11. The van der Waals surface area contributed by atoms with Crippen molar-refractivity contribution in [1.82, 2.24) is 5.32 Å². The van der Waals surface area contributed by atoms with E-state index in [0.717, 1.165) is 19.3 Å². The molecule has 1 aliphatic rings. The van der Waals surface area contributed by atoms with Crippen LogP contribution >= 0.6 is 15.9 Å². The van der Waals surface area contributed by atoms with E-state index in [2.05, 4.69) is 21.2 Å². The maximum atomic E-state index is 13.6. The fourth-order valence-corrected chi connectivity index (χ4v) is 2.15. The normalized spacial score (nSPS) is 15.2. The molecule has 0 aliphatic heterocycles. The molecular weight excluding hydrogens is 289 g/mol. The zero-order chi connectivity index (χ0) is 12.4. The highest BCUT2D eigenvalue weighted by Crippen LogP contribution is 2.28. The Hall–Kier alpha value is -1.10. The van der Waals surface area contributed by atoms with Gasteiger partial charge in [-0.2, -0.15) is 0 Å². The minimum Gasteiger partial charge on any atom is -0.496 e. The number of amides is 1. The van der Waals surface area contributed by atoms with Crippen LogP contribution in [0.15, 0.2) is 16.6 Å². The summed E-state index contributed by atoms with van der Waals surface area (Å²) in [4.78, 5) is 11.8. The second-order valence-corrected chi connectivity index (χ2v) is 4.92. The number of rotatable bonds is 3. The van der Waals surface area contributed by atoms with Crippen LogP contribution in [0.1, 0.15) is 29.6 Å². The van der Waals surface area contributed by atoms with Gasteiger partial charge in [0.25, 0.3) is 5.91 Å². The van der Waals surface area contributed by atoms with Gasteiger partial charge in [-0.25, -0.2) is 4.39 Å². The summed E-state index contributed by atoms with van der Waals surface area (Å²) < 4.78 is 19.2. The van der Waals surface area contributed by atoms with E-state index in [0.29, 0.717) is 10.2 Å². The molecule has 5 heteroatoms. The first kappa shape index (κ1) is 12.4. The molecule has 1 saturated carbocycles. The molecule has 0 atom stereocenters. The van der Waals surface area contributed by atoms with Crippen molar-refractivity contribution in [2.45, 2.75) is 25.3 Å². The predicted octanol–water partition coefficient (Wildman–Crippen LogP) is 2.88. The van der Waals surface area contributed by atoms with E-state index in [4.69, 9.17) is 4.74 Å². The lowest BCUT2D eigenvalue weighted by molar-refractivity contribution is 0.0912. The van der Waals surface area contributed by atoms with Gasteiger partial charge in [-0.15, -0.1) is 0 Å². The van der Waals surface area contributed by atoms with E-state index >= 15 is 0 Å². The standard InChI is InChI=1S/C12H13BrFNO2/c1-17-11-5-8(10(14)6-9(11)13)12(16)15-7-3-2-4-7/h5-7H,2-4H2,1H3,(H,15,16). The third-order valence-corrected chi connectivity index (χ3v) is 3.55. The molecule has 17 heavy (non-hydrogen) atoms. The molecule has 0 unspecified atom stereocenters. The number of hydrogen-bond donors (Lipinski definition) is 1. The molecule has 1 aromatic rings. The Bertz CT molecular complexity index is 446. The zero-order valence-corrected chi connectivity index (χ0v) is 11.0. The molecule has 2 rings (SSSR count). The summed E-state index contributed by atoms with van der Waals surface area (Å²) in [6.07, 6.45) is 3.07. The summed E-state index contributed by atoms with van der Waals surface area (Å²) >= 11 is 3.17. The molecule has 0 radical (unpaired) electrons. The van der Waals surface area contributed by atoms with E-state index in [-0.39, 0.29) is 17.5 Å². The van der Waals surface area contributed by atoms with E-state index < -0.39 is 5.82 Å². The van der Waals surface area contributed by atoms with Gasteiger partial charge in [0.15, 0.2) is 0 Å². The molecule has 0 spiro atoms. The first-order valence-corrected chi connectivity index (χ1v) is 6.25. The SMILES string of the molecule is COc1cc(C(=O)NC2CCC2)c(F)cc1Br. The molecule has 0 aromatic heterocycles. The van der Waals surface area contributed by atoms with Crippen molar-refractivity contribution in [3.8, 4) is 5.75 Å². The molecule has 3 nitrogen and oxygen atoms in total. The Labute approximate surface area is 107 Å². The Balaban J connectivity index is 2.20. The molecule has 1 amide bonds. The Kier molecular flexibility index (Phi) is 3.66. The Morgan fingerprint density at radius 2 is 2.24 bits per heavy atom. The van der Waals surface area contributed by atoms with Crippen molar-refractivity contribution in [3.05, 3.63) is 28.0 Å². The predicted molar refractivity (Wildman–Crippen MR) is 65.8 cm³/mol. The summed E-state index contributed by atoms with van der Waals surface area (Å²) in [6, 6.07) is 2.85. The average Bonchev–Trinajstić information content (AvgIpc) is 2.23. The molecule has 0 bridgehead atoms. The molecule has 1 N–H and O–H groups in total. The van der Waals surface area contributed by atoms with Gasteiger partial charge < -0.3 is 10.1 Å². The molecule has 0 heterocycles. The van der Waals surface area contributed by atoms with Crippen LogP contribution in [0.2, 0.25) is 0 Å². The lowest BCUT2D eigenvalue weighted by Crippen LogP contribution is -2.39.